The van der Waals surface area contributed by atoms with Crippen molar-refractivity contribution in [1.82, 2.24) is 0 Å². The van der Waals surface area contributed by atoms with E-state index < -0.39 is 8.38 Å². The lowest BCUT2D eigenvalue weighted by atomic mass is 10.1. The minimum Gasteiger partial charge on any atom is -0.462 e. The van der Waals surface area contributed by atoms with Crippen LogP contribution in [0.1, 0.15) is 36.7 Å². The minimum atomic E-state index is -0.885. The molecule has 0 atom stereocenters. The fraction of sp³-hybridized carbons (Fsp3) is 0.500. The monoisotopic (exact) mass is 284 g/mol. The zero-order valence-corrected chi connectivity index (χ0v) is 12.6. The fourth-order valence-electron chi connectivity index (χ4n) is 1.53. The molecule has 0 saturated heterocycles. The largest absolute Gasteiger partial charge is 0.462 e. The first-order valence-corrected chi connectivity index (χ1v) is 7.86. The molecule has 0 bridgehead atoms. The molecule has 0 aliphatic rings. The molecule has 106 valence electrons. The van der Waals surface area contributed by atoms with Gasteiger partial charge in [0.15, 0.2) is 8.38 Å². The van der Waals surface area contributed by atoms with Crippen LogP contribution in [-0.2, 0) is 19.9 Å². The lowest BCUT2D eigenvalue weighted by Gasteiger charge is -2.15. The van der Waals surface area contributed by atoms with E-state index in [-0.39, 0.29) is 5.97 Å². The molecular formula is C14H21O4P. The van der Waals surface area contributed by atoms with Crippen molar-refractivity contribution in [2.45, 2.75) is 26.9 Å². The standard InChI is InChI=1S/C14H21O4P/c1-4-16-14(15)13-9-7-12(8-10-13)11-19(17-5-2)18-6-3/h7-10H,4-6,11H2,1-3H3. The van der Waals surface area contributed by atoms with E-state index in [4.69, 9.17) is 13.8 Å². The van der Waals surface area contributed by atoms with E-state index in [1.165, 1.54) is 0 Å². The van der Waals surface area contributed by atoms with Gasteiger partial charge in [-0.05, 0) is 38.5 Å². The summed E-state index contributed by atoms with van der Waals surface area (Å²) in [6, 6.07) is 7.39. The van der Waals surface area contributed by atoms with Gasteiger partial charge in [-0.3, -0.25) is 0 Å². The van der Waals surface area contributed by atoms with E-state index in [0.717, 1.165) is 11.7 Å². The first-order valence-electron chi connectivity index (χ1n) is 6.50. The first-order chi connectivity index (χ1) is 9.21. The van der Waals surface area contributed by atoms with Crippen molar-refractivity contribution in [3.05, 3.63) is 35.4 Å². The summed E-state index contributed by atoms with van der Waals surface area (Å²) in [6.07, 6.45) is 0.736. The summed E-state index contributed by atoms with van der Waals surface area (Å²) in [5.41, 5.74) is 1.67. The second kappa shape index (κ2) is 9.03. The van der Waals surface area contributed by atoms with Crippen LogP contribution >= 0.6 is 8.38 Å². The highest BCUT2D eigenvalue weighted by molar-refractivity contribution is 7.46. The highest BCUT2D eigenvalue weighted by atomic mass is 31.2. The molecule has 0 aliphatic carbocycles. The topological polar surface area (TPSA) is 44.8 Å². The number of rotatable bonds is 8. The Morgan fingerprint density at radius 2 is 1.58 bits per heavy atom. The van der Waals surface area contributed by atoms with Crippen LogP contribution in [0.2, 0.25) is 0 Å². The van der Waals surface area contributed by atoms with Crippen molar-refractivity contribution in [2.75, 3.05) is 19.8 Å². The molecule has 0 spiro atoms. The lowest BCUT2D eigenvalue weighted by Crippen LogP contribution is -2.04. The molecule has 0 aliphatic heterocycles. The highest BCUT2D eigenvalue weighted by Crippen LogP contribution is 2.41. The van der Waals surface area contributed by atoms with E-state index in [2.05, 4.69) is 0 Å². The fourth-order valence-corrected chi connectivity index (χ4v) is 2.87. The quantitative estimate of drug-likeness (QED) is 0.538. The van der Waals surface area contributed by atoms with Crippen molar-refractivity contribution >= 4 is 14.3 Å². The van der Waals surface area contributed by atoms with Crippen molar-refractivity contribution in [3.63, 3.8) is 0 Å². The Kier molecular flexibility index (Phi) is 7.65. The Morgan fingerprint density at radius 3 is 2.05 bits per heavy atom. The second-order valence-electron chi connectivity index (χ2n) is 3.74. The predicted octanol–water partition coefficient (Wildman–Crippen LogP) is 3.75. The zero-order chi connectivity index (χ0) is 14.1. The molecule has 0 unspecified atom stereocenters. The Balaban J connectivity index is 2.62. The van der Waals surface area contributed by atoms with Crippen LogP contribution < -0.4 is 0 Å². The van der Waals surface area contributed by atoms with Crippen LogP contribution in [0.15, 0.2) is 24.3 Å². The summed E-state index contributed by atoms with van der Waals surface area (Å²) in [5.74, 6) is -0.286. The number of carbonyl (C=O) groups is 1. The Labute approximate surface area is 116 Å². The van der Waals surface area contributed by atoms with E-state index >= 15 is 0 Å². The number of hydrogen-bond acceptors (Lipinski definition) is 4. The Bertz CT molecular complexity index is 372. The molecule has 0 radical (unpaired) electrons. The van der Waals surface area contributed by atoms with Crippen molar-refractivity contribution in [2.24, 2.45) is 0 Å². The molecule has 0 N–H and O–H groups in total. The van der Waals surface area contributed by atoms with Gasteiger partial charge in [-0.25, -0.2) is 4.79 Å². The lowest BCUT2D eigenvalue weighted by molar-refractivity contribution is 0.0526. The van der Waals surface area contributed by atoms with Crippen LogP contribution in [0.4, 0.5) is 0 Å². The molecule has 19 heavy (non-hydrogen) atoms. The van der Waals surface area contributed by atoms with Gasteiger partial charge in [0, 0.05) is 6.16 Å². The van der Waals surface area contributed by atoms with Gasteiger partial charge in [-0.1, -0.05) is 12.1 Å². The zero-order valence-electron chi connectivity index (χ0n) is 11.7. The summed E-state index contributed by atoms with van der Waals surface area (Å²) in [6.45, 7) is 7.39. The van der Waals surface area contributed by atoms with Crippen molar-refractivity contribution < 1.29 is 18.6 Å². The average Bonchev–Trinajstić information content (AvgIpc) is 2.40. The van der Waals surface area contributed by atoms with Crippen LogP contribution in [-0.4, -0.2) is 25.8 Å². The smallest absolute Gasteiger partial charge is 0.338 e. The molecule has 0 fully saturated rings. The van der Waals surface area contributed by atoms with Gasteiger partial charge >= 0.3 is 5.97 Å². The summed E-state index contributed by atoms with van der Waals surface area (Å²) in [7, 11) is -0.885. The van der Waals surface area contributed by atoms with Crippen LogP contribution in [0.25, 0.3) is 0 Å². The average molecular weight is 284 g/mol. The summed E-state index contributed by atoms with van der Waals surface area (Å²) in [5, 5.41) is 0. The number of hydrogen-bond donors (Lipinski definition) is 0. The van der Waals surface area contributed by atoms with Gasteiger partial charge in [0.1, 0.15) is 0 Å². The molecular weight excluding hydrogens is 263 g/mol. The highest BCUT2D eigenvalue weighted by Gasteiger charge is 2.11. The first kappa shape index (κ1) is 16.1. The van der Waals surface area contributed by atoms with Gasteiger partial charge in [0.2, 0.25) is 0 Å². The molecule has 0 amide bonds. The molecule has 1 rings (SSSR count). The van der Waals surface area contributed by atoms with Gasteiger partial charge in [-0.2, -0.15) is 0 Å². The van der Waals surface area contributed by atoms with E-state index in [1.807, 2.05) is 26.0 Å². The number of ether oxygens (including phenoxy) is 1. The summed E-state index contributed by atoms with van der Waals surface area (Å²) >= 11 is 0. The molecule has 0 saturated carbocycles. The molecule has 0 heterocycles. The van der Waals surface area contributed by atoms with E-state index in [0.29, 0.717) is 25.4 Å². The normalized spacial score (nSPS) is 10.7. The SMILES string of the molecule is CCOC(=O)c1ccc(CP(OCC)OCC)cc1. The van der Waals surface area contributed by atoms with Gasteiger partial charge in [0.25, 0.3) is 0 Å². The van der Waals surface area contributed by atoms with Crippen molar-refractivity contribution in [3.8, 4) is 0 Å². The van der Waals surface area contributed by atoms with E-state index in [1.54, 1.807) is 19.1 Å². The molecule has 1 aromatic carbocycles. The van der Waals surface area contributed by atoms with Crippen molar-refractivity contribution in [1.29, 1.82) is 0 Å². The maximum atomic E-state index is 11.5. The summed E-state index contributed by atoms with van der Waals surface area (Å²) in [4.78, 5) is 11.5. The van der Waals surface area contributed by atoms with Gasteiger partial charge in [-0.15, -0.1) is 0 Å². The third kappa shape index (κ3) is 5.68. The second-order valence-corrected chi connectivity index (χ2v) is 5.24. The number of benzene rings is 1. The summed E-state index contributed by atoms with van der Waals surface area (Å²) < 4.78 is 16.0. The van der Waals surface area contributed by atoms with Gasteiger partial charge in [0.05, 0.1) is 25.4 Å². The Hall–Kier alpha value is -0.960. The molecule has 0 aromatic heterocycles. The molecule has 4 nitrogen and oxygen atoms in total. The van der Waals surface area contributed by atoms with E-state index in [9.17, 15) is 4.79 Å². The Morgan fingerprint density at radius 1 is 1.00 bits per heavy atom. The molecule has 1 aromatic rings. The maximum absolute atomic E-state index is 11.5. The maximum Gasteiger partial charge on any atom is 0.338 e. The number of esters is 1. The minimum absolute atomic E-state index is 0.286. The van der Waals surface area contributed by atoms with Gasteiger partial charge < -0.3 is 13.8 Å². The molecule has 5 heteroatoms. The van der Waals surface area contributed by atoms with Crippen LogP contribution in [0, 0.1) is 0 Å². The third-order valence-electron chi connectivity index (χ3n) is 2.32. The third-order valence-corrected chi connectivity index (χ3v) is 4.04. The predicted molar refractivity (Wildman–Crippen MR) is 76.3 cm³/mol. The van der Waals surface area contributed by atoms with Crippen LogP contribution in [0.5, 0.6) is 0 Å². The van der Waals surface area contributed by atoms with Crippen LogP contribution in [0.3, 0.4) is 0 Å². The number of carbonyl (C=O) groups excluding carboxylic acids is 1.